The summed E-state index contributed by atoms with van der Waals surface area (Å²) in [6.07, 6.45) is 5.92. The molecule has 0 aromatic heterocycles. The highest BCUT2D eigenvalue weighted by Crippen LogP contribution is 2.41. The van der Waals surface area contributed by atoms with E-state index in [2.05, 4.69) is 28.0 Å². The Morgan fingerprint density at radius 2 is 2.11 bits per heavy atom. The monoisotopic (exact) mass is 258 g/mol. The highest BCUT2D eigenvalue weighted by Gasteiger charge is 2.40. The lowest BCUT2D eigenvalue weighted by Gasteiger charge is -2.48. The maximum Gasteiger partial charge on any atom is 0.119 e. The molecule has 1 aromatic carbocycles. The molecule has 0 radical (unpaired) electrons. The van der Waals surface area contributed by atoms with Crippen LogP contribution in [0, 0.1) is 0 Å². The summed E-state index contributed by atoms with van der Waals surface area (Å²) in [4.78, 5) is 5.44. The van der Waals surface area contributed by atoms with E-state index in [0.717, 1.165) is 5.75 Å². The maximum atomic E-state index is 5.36. The smallest absolute Gasteiger partial charge is 0.119 e. The Morgan fingerprint density at radius 1 is 1.16 bits per heavy atom. The summed E-state index contributed by atoms with van der Waals surface area (Å²) in [6.45, 7) is 3.80. The van der Waals surface area contributed by atoms with Crippen molar-refractivity contribution in [3.8, 4) is 5.75 Å². The molecule has 19 heavy (non-hydrogen) atoms. The predicted molar refractivity (Wildman–Crippen MR) is 75.4 cm³/mol. The molecule has 0 spiro atoms. The summed E-state index contributed by atoms with van der Waals surface area (Å²) in [6, 6.07) is 7.32. The number of benzene rings is 1. The first-order valence-corrected chi connectivity index (χ1v) is 7.53. The van der Waals surface area contributed by atoms with Gasteiger partial charge in [-0.3, -0.25) is 9.80 Å². The quantitative estimate of drug-likeness (QED) is 0.769. The molecule has 2 atom stereocenters. The molecule has 2 saturated heterocycles. The van der Waals surface area contributed by atoms with Crippen molar-refractivity contribution in [1.82, 2.24) is 9.80 Å². The molecule has 3 nitrogen and oxygen atoms in total. The summed E-state index contributed by atoms with van der Waals surface area (Å²) >= 11 is 0. The second kappa shape index (κ2) is 4.50. The van der Waals surface area contributed by atoms with Gasteiger partial charge in [-0.1, -0.05) is 6.07 Å². The minimum Gasteiger partial charge on any atom is -0.497 e. The molecule has 2 unspecified atom stereocenters. The molecule has 0 amide bonds. The summed E-state index contributed by atoms with van der Waals surface area (Å²) in [7, 11) is 1.76. The van der Waals surface area contributed by atoms with Gasteiger partial charge in [0.2, 0.25) is 0 Å². The van der Waals surface area contributed by atoms with Crippen molar-refractivity contribution in [3.05, 3.63) is 29.3 Å². The molecule has 0 saturated carbocycles. The zero-order valence-electron chi connectivity index (χ0n) is 11.6. The van der Waals surface area contributed by atoms with Gasteiger partial charge in [-0.2, -0.15) is 0 Å². The fourth-order valence-corrected chi connectivity index (χ4v) is 4.25. The van der Waals surface area contributed by atoms with Crippen molar-refractivity contribution >= 4 is 0 Å². The number of hydrogen-bond acceptors (Lipinski definition) is 3. The van der Waals surface area contributed by atoms with Gasteiger partial charge in [0.05, 0.1) is 13.3 Å². The fraction of sp³-hybridized carbons (Fsp3) is 0.625. The SMILES string of the molecule is COc1ccc2c(c1)CCN1C2CCN2CCCC21. The van der Waals surface area contributed by atoms with Crippen LogP contribution in [0.25, 0.3) is 0 Å². The van der Waals surface area contributed by atoms with Gasteiger partial charge in [0.25, 0.3) is 0 Å². The van der Waals surface area contributed by atoms with E-state index in [1.165, 1.54) is 50.9 Å². The summed E-state index contributed by atoms with van der Waals surface area (Å²) in [5, 5.41) is 0. The zero-order valence-corrected chi connectivity index (χ0v) is 11.6. The second-order valence-corrected chi connectivity index (χ2v) is 6.02. The third-order valence-electron chi connectivity index (χ3n) is 5.15. The molecule has 3 heteroatoms. The number of rotatable bonds is 1. The first-order chi connectivity index (χ1) is 9.36. The maximum absolute atomic E-state index is 5.36. The van der Waals surface area contributed by atoms with Crippen LogP contribution in [-0.4, -0.2) is 42.7 Å². The van der Waals surface area contributed by atoms with Gasteiger partial charge in [-0.15, -0.1) is 0 Å². The molecular formula is C16H22N2O. The van der Waals surface area contributed by atoms with Crippen LogP contribution in [0.3, 0.4) is 0 Å². The van der Waals surface area contributed by atoms with Crippen molar-refractivity contribution in [2.45, 2.75) is 37.9 Å². The highest BCUT2D eigenvalue weighted by molar-refractivity contribution is 5.39. The summed E-state index contributed by atoms with van der Waals surface area (Å²) in [5.74, 6) is 1.01. The van der Waals surface area contributed by atoms with E-state index in [1.54, 1.807) is 12.7 Å². The zero-order chi connectivity index (χ0) is 12.8. The van der Waals surface area contributed by atoms with Gasteiger partial charge in [0.15, 0.2) is 0 Å². The van der Waals surface area contributed by atoms with Crippen LogP contribution in [0.15, 0.2) is 18.2 Å². The van der Waals surface area contributed by atoms with E-state index >= 15 is 0 Å². The van der Waals surface area contributed by atoms with Crippen molar-refractivity contribution in [2.75, 3.05) is 26.7 Å². The lowest BCUT2D eigenvalue weighted by atomic mass is 9.88. The average Bonchev–Trinajstić information content (AvgIpc) is 2.94. The van der Waals surface area contributed by atoms with E-state index in [4.69, 9.17) is 4.74 Å². The Morgan fingerprint density at radius 3 is 3.00 bits per heavy atom. The third-order valence-corrected chi connectivity index (χ3v) is 5.15. The van der Waals surface area contributed by atoms with Crippen LogP contribution in [0.1, 0.15) is 36.4 Å². The largest absolute Gasteiger partial charge is 0.497 e. The lowest BCUT2D eigenvalue weighted by Crippen LogP contribution is -2.53. The Hall–Kier alpha value is -1.06. The topological polar surface area (TPSA) is 15.7 Å². The summed E-state index contributed by atoms with van der Waals surface area (Å²) in [5.41, 5.74) is 3.06. The molecule has 1 aromatic rings. The van der Waals surface area contributed by atoms with Gasteiger partial charge in [0.1, 0.15) is 5.75 Å². The molecule has 0 N–H and O–H groups in total. The molecule has 3 aliphatic rings. The highest BCUT2D eigenvalue weighted by atomic mass is 16.5. The standard InChI is InChI=1S/C16H22N2O/c1-19-13-4-5-14-12(11-13)6-10-18-15(14)7-9-17-8-2-3-16(17)18/h4-5,11,15-16H,2-3,6-10H2,1H3. The lowest BCUT2D eigenvalue weighted by molar-refractivity contribution is -0.0150. The van der Waals surface area contributed by atoms with Crippen molar-refractivity contribution in [2.24, 2.45) is 0 Å². The van der Waals surface area contributed by atoms with Crippen LogP contribution in [0.2, 0.25) is 0 Å². The van der Waals surface area contributed by atoms with E-state index in [0.29, 0.717) is 12.2 Å². The molecule has 102 valence electrons. The Bertz CT molecular complexity index is 488. The average molecular weight is 258 g/mol. The fourth-order valence-electron chi connectivity index (χ4n) is 4.25. The number of fused-ring (bicyclic) bond motifs is 5. The van der Waals surface area contributed by atoms with Crippen LogP contribution in [-0.2, 0) is 6.42 Å². The normalized spacial score (nSPS) is 30.6. The number of ether oxygens (including phenoxy) is 1. The number of methoxy groups -OCH3 is 1. The van der Waals surface area contributed by atoms with E-state index in [9.17, 15) is 0 Å². The molecule has 3 heterocycles. The summed E-state index contributed by atoms with van der Waals surface area (Å²) < 4.78 is 5.36. The molecule has 0 bridgehead atoms. The first-order valence-electron chi connectivity index (χ1n) is 7.53. The van der Waals surface area contributed by atoms with Gasteiger partial charge in [0, 0.05) is 19.1 Å². The first kappa shape index (κ1) is 11.7. The molecule has 0 aliphatic carbocycles. The van der Waals surface area contributed by atoms with Crippen LogP contribution < -0.4 is 4.74 Å². The van der Waals surface area contributed by atoms with Crippen LogP contribution in [0.5, 0.6) is 5.75 Å². The van der Waals surface area contributed by atoms with Crippen LogP contribution >= 0.6 is 0 Å². The van der Waals surface area contributed by atoms with Crippen molar-refractivity contribution < 1.29 is 4.74 Å². The minimum absolute atomic E-state index is 0.647. The van der Waals surface area contributed by atoms with Gasteiger partial charge in [-0.25, -0.2) is 0 Å². The molecule has 3 aliphatic heterocycles. The second-order valence-electron chi connectivity index (χ2n) is 6.02. The van der Waals surface area contributed by atoms with Crippen molar-refractivity contribution in [1.29, 1.82) is 0 Å². The predicted octanol–water partition coefficient (Wildman–Crippen LogP) is 2.42. The van der Waals surface area contributed by atoms with Crippen LogP contribution in [0.4, 0.5) is 0 Å². The number of hydrogen-bond donors (Lipinski definition) is 0. The molecule has 4 rings (SSSR count). The Kier molecular flexibility index (Phi) is 2.78. The third kappa shape index (κ3) is 1.79. The van der Waals surface area contributed by atoms with Crippen molar-refractivity contribution in [3.63, 3.8) is 0 Å². The molecular weight excluding hydrogens is 236 g/mol. The van der Waals surface area contributed by atoms with E-state index < -0.39 is 0 Å². The Labute approximate surface area is 115 Å². The van der Waals surface area contributed by atoms with Gasteiger partial charge >= 0.3 is 0 Å². The van der Waals surface area contributed by atoms with Gasteiger partial charge in [-0.05, 0) is 55.5 Å². The minimum atomic E-state index is 0.647. The van der Waals surface area contributed by atoms with E-state index in [1.807, 2.05) is 0 Å². The molecule has 2 fully saturated rings. The Balaban J connectivity index is 1.68. The van der Waals surface area contributed by atoms with E-state index in [-0.39, 0.29) is 0 Å². The number of nitrogens with zero attached hydrogens (tertiary/aromatic N) is 2. The van der Waals surface area contributed by atoms with Gasteiger partial charge < -0.3 is 4.74 Å².